The first kappa shape index (κ1) is 22.0. The number of anilines is 1. The van der Waals surface area contributed by atoms with Crippen LogP contribution in [0.25, 0.3) is 21.6 Å². The fraction of sp³-hybridized carbons (Fsp3) is 0.200. The Balaban J connectivity index is 1.44. The number of fused-ring (bicyclic) bond motifs is 1. The van der Waals surface area contributed by atoms with Crippen LogP contribution in [0.5, 0.6) is 5.75 Å². The monoisotopic (exact) mass is 479 g/mol. The van der Waals surface area contributed by atoms with Gasteiger partial charge in [0.15, 0.2) is 15.7 Å². The zero-order valence-corrected chi connectivity index (χ0v) is 18.2. The highest BCUT2D eigenvalue weighted by molar-refractivity contribution is 7.71. The van der Waals surface area contributed by atoms with Crippen LogP contribution >= 0.6 is 23.6 Å². The van der Waals surface area contributed by atoms with Crippen LogP contribution in [0.3, 0.4) is 0 Å². The number of carbonyl (C=O) groups excluding carboxylic acids is 1. The third-order valence-corrected chi connectivity index (χ3v) is 5.72. The summed E-state index contributed by atoms with van der Waals surface area (Å²) >= 11 is 6.34. The molecule has 4 rings (SSSR count). The van der Waals surface area contributed by atoms with Gasteiger partial charge in [-0.3, -0.25) is 14.5 Å². The number of ether oxygens (including phenoxy) is 1. The maximum absolute atomic E-state index is 12.4. The maximum Gasteiger partial charge on any atom is 0.573 e. The summed E-state index contributed by atoms with van der Waals surface area (Å²) in [6.45, 7) is 2.27. The van der Waals surface area contributed by atoms with E-state index in [1.54, 1.807) is 4.57 Å². The third-order valence-electron chi connectivity index (χ3n) is 4.47. The van der Waals surface area contributed by atoms with E-state index in [1.807, 2.05) is 31.2 Å². The van der Waals surface area contributed by atoms with Crippen molar-refractivity contribution < 1.29 is 22.7 Å². The lowest BCUT2D eigenvalue weighted by atomic mass is 10.1. The van der Waals surface area contributed by atoms with Crippen molar-refractivity contribution in [3.63, 3.8) is 0 Å². The van der Waals surface area contributed by atoms with Crippen molar-refractivity contribution in [1.82, 2.24) is 19.7 Å². The fourth-order valence-corrected chi connectivity index (χ4v) is 4.13. The van der Waals surface area contributed by atoms with E-state index in [0.717, 1.165) is 22.5 Å². The number of carbonyl (C=O) groups is 1. The Hall–Kier alpha value is -3.25. The Morgan fingerprint density at radius 1 is 1.25 bits per heavy atom. The van der Waals surface area contributed by atoms with Gasteiger partial charge in [-0.05, 0) is 31.3 Å². The van der Waals surface area contributed by atoms with Gasteiger partial charge >= 0.3 is 6.36 Å². The minimum atomic E-state index is -4.78. The summed E-state index contributed by atoms with van der Waals surface area (Å²) in [5.74, 6) is -0.0294. The van der Waals surface area contributed by atoms with Crippen LogP contribution in [0.4, 0.5) is 18.3 Å². The number of amides is 1. The SMILES string of the molecule is Cc1ccc(-c2n[nH]c(=S)n2CCC(=O)Nc2nc3ccc(OC(F)(F)F)cc3s2)cc1. The Morgan fingerprint density at radius 2 is 2.00 bits per heavy atom. The molecule has 2 N–H and O–H groups in total. The van der Waals surface area contributed by atoms with Crippen molar-refractivity contribution in [2.45, 2.75) is 26.3 Å². The van der Waals surface area contributed by atoms with Crippen LogP contribution in [0.15, 0.2) is 42.5 Å². The van der Waals surface area contributed by atoms with E-state index in [0.29, 0.717) is 27.4 Å². The van der Waals surface area contributed by atoms with Crippen molar-refractivity contribution in [1.29, 1.82) is 0 Å². The zero-order valence-electron chi connectivity index (χ0n) is 16.6. The fourth-order valence-electron chi connectivity index (χ4n) is 3.00. The summed E-state index contributed by atoms with van der Waals surface area (Å²) in [7, 11) is 0. The Bertz CT molecular complexity index is 1330. The highest BCUT2D eigenvalue weighted by Gasteiger charge is 2.31. The van der Waals surface area contributed by atoms with Crippen LogP contribution in [0.2, 0.25) is 0 Å². The predicted molar refractivity (Wildman–Crippen MR) is 117 cm³/mol. The summed E-state index contributed by atoms with van der Waals surface area (Å²) in [6, 6.07) is 11.6. The zero-order chi connectivity index (χ0) is 22.9. The molecule has 0 aliphatic carbocycles. The molecule has 0 bridgehead atoms. The molecular weight excluding hydrogens is 463 g/mol. The second-order valence-electron chi connectivity index (χ2n) is 6.86. The molecule has 0 unspecified atom stereocenters. The van der Waals surface area contributed by atoms with Crippen molar-refractivity contribution in [2.75, 3.05) is 5.32 Å². The average Bonchev–Trinajstić information content (AvgIpc) is 3.28. The minimum absolute atomic E-state index is 0.102. The normalized spacial score (nSPS) is 11.6. The van der Waals surface area contributed by atoms with Crippen molar-refractivity contribution in [3.8, 4) is 17.1 Å². The standard InChI is InChI=1S/C20H16F3N5O2S2/c1-11-2-4-12(5-3-11)17-26-27-19(31)28(17)9-8-16(29)25-18-24-14-7-6-13(10-15(14)32-18)30-20(21,22)23/h2-7,10H,8-9H2,1H3,(H,27,31)(H,24,25,29). The molecule has 0 spiro atoms. The first-order valence-corrected chi connectivity index (χ1v) is 10.6. The molecular formula is C20H16F3N5O2S2. The molecule has 2 aromatic carbocycles. The van der Waals surface area contributed by atoms with Crippen molar-refractivity contribution >= 4 is 44.8 Å². The number of rotatable bonds is 6. The van der Waals surface area contributed by atoms with Gasteiger partial charge in [-0.25, -0.2) is 4.98 Å². The number of H-pyrrole nitrogens is 1. The summed E-state index contributed by atoms with van der Waals surface area (Å²) in [6.07, 6.45) is -4.67. The average molecular weight is 480 g/mol. The number of hydrogen-bond acceptors (Lipinski definition) is 6. The predicted octanol–water partition coefficient (Wildman–Crippen LogP) is 5.45. The van der Waals surface area contributed by atoms with Gasteiger partial charge in [-0.2, -0.15) is 5.10 Å². The molecule has 12 heteroatoms. The van der Waals surface area contributed by atoms with Gasteiger partial charge in [0.05, 0.1) is 10.2 Å². The number of hydrogen-bond donors (Lipinski definition) is 2. The molecule has 0 saturated carbocycles. The molecule has 2 aromatic heterocycles. The largest absolute Gasteiger partial charge is 0.573 e. The smallest absolute Gasteiger partial charge is 0.406 e. The van der Waals surface area contributed by atoms with Crippen LogP contribution in [0, 0.1) is 11.7 Å². The number of aromatic amines is 1. The molecule has 1 amide bonds. The highest BCUT2D eigenvalue weighted by Crippen LogP contribution is 2.31. The summed E-state index contributed by atoms with van der Waals surface area (Å²) in [5, 5.41) is 9.95. The van der Waals surface area contributed by atoms with E-state index in [1.165, 1.54) is 18.2 Å². The lowest BCUT2D eigenvalue weighted by Crippen LogP contribution is -2.16. The number of alkyl halides is 3. The maximum atomic E-state index is 12.4. The lowest BCUT2D eigenvalue weighted by molar-refractivity contribution is -0.274. The van der Waals surface area contributed by atoms with Crippen LogP contribution in [-0.2, 0) is 11.3 Å². The Morgan fingerprint density at radius 3 is 2.72 bits per heavy atom. The Kier molecular flexibility index (Phi) is 5.98. The van der Waals surface area contributed by atoms with Crippen molar-refractivity contribution in [3.05, 3.63) is 52.8 Å². The summed E-state index contributed by atoms with van der Waals surface area (Å²) in [5.41, 5.74) is 2.44. The van der Waals surface area contributed by atoms with E-state index in [2.05, 4.69) is 25.2 Å². The van der Waals surface area contributed by atoms with Crippen LogP contribution in [-0.4, -0.2) is 32.0 Å². The molecule has 0 aliphatic heterocycles. The number of nitrogens with one attached hydrogen (secondary N) is 2. The van der Waals surface area contributed by atoms with Crippen molar-refractivity contribution in [2.24, 2.45) is 0 Å². The molecule has 0 radical (unpaired) electrons. The number of halogens is 3. The topological polar surface area (TPSA) is 84.8 Å². The number of nitrogens with zero attached hydrogens (tertiary/aromatic N) is 3. The molecule has 0 atom stereocenters. The van der Waals surface area contributed by atoms with E-state index in [9.17, 15) is 18.0 Å². The second-order valence-corrected chi connectivity index (χ2v) is 8.28. The van der Waals surface area contributed by atoms with E-state index in [-0.39, 0.29) is 23.2 Å². The van der Waals surface area contributed by atoms with E-state index >= 15 is 0 Å². The van der Waals surface area contributed by atoms with Gasteiger partial charge in [0.1, 0.15) is 5.75 Å². The van der Waals surface area contributed by atoms with E-state index in [4.69, 9.17) is 12.2 Å². The first-order chi connectivity index (χ1) is 15.2. The summed E-state index contributed by atoms with van der Waals surface area (Å²) in [4.78, 5) is 16.7. The minimum Gasteiger partial charge on any atom is -0.406 e. The molecule has 166 valence electrons. The Labute approximate surface area is 188 Å². The summed E-state index contributed by atoms with van der Waals surface area (Å²) < 4.78 is 43.7. The third kappa shape index (κ3) is 5.14. The number of benzene rings is 2. The molecule has 0 aliphatic rings. The number of aryl methyl sites for hydroxylation is 1. The van der Waals surface area contributed by atoms with Crippen LogP contribution < -0.4 is 10.1 Å². The van der Waals surface area contributed by atoms with Gasteiger partial charge in [0.25, 0.3) is 0 Å². The quantitative estimate of drug-likeness (QED) is 0.359. The highest BCUT2D eigenvalue weighted by atomic mass is 32.1. The van der Waals surface area contributed by atoms with E-state index < -0.39 is 6.36 Å². The van der Waals surface area contributed by atoms with Crippen LogP contribution in [0.1, 0.15) is 12.0 Å². The molecule has 4 aromatic rings. The van der Waals surface area contributed by atoms with Gasteiger partial charge in [-0.1, -0.05) is 41.2 Å². The van der Waals surface area contributed by atoms with Gasteiger partial charge in [0, 0.05) is 24.6 Å². The number of aromatic nitrogens is 4. The molecule has 0 fully saturated rings. The van der Waals surface area contributed by atoms with Gasteiger partial charge in [0.2, 0.25) is 5.91 Å². The molecule has 7 nitrogen and oxygen atoms in total. The molecule has 32 heavy (non-hydrogen) atoms. The first-order valence-electron chi connectivity index (χ1n) is 9.36. The van der Waals surface area contributed by atoms with Gasteiger partial charge < -0.3 is 10.1 Å². The molecule has 0 saturated heterocycles. The van der Waals surface area contributed by atoms with Gasteiger partial charge in [-0.15, -0.1) is 13.2 Å². The lowest BCUT2D eigenvalue weighted by Gasteiger charge is -2.07. The molecule has 2 heterocycles. The second kappa shape index (κ2) is 8.71. The number of thiazole rings is 1.